The first-order valence-corrected chi connectivity index (χ1v) is 12.9. The van der Waals surface area contributed by atoms with E-state index in [4.69, 9.17) is 4.74 Å². The van der Waals surface area contributed by atoms with Crippen LogP contribution < -0.4 is 0 Å². The van der Waals surface area contributed by atoms with Gasteiger partial charge in [0.25, 0.3) is 0 Å². The minimum atomic E-state index is 0.731. The van der Waals surface area contributed by atoms with E-state index in [-0.39, 0.29) is 0 Å². The average molecular weight is 415 g/mol. The summed E-state index contributed by atoms with van der Waals surface area (Å²) >= 11 is 7.84. The van der Waals surface area contributed by atoms with Crippen LogP contribution in [0.2, 0.25) is 0 Å². The lowest BCUT2D eigenvalue weighted by atomic mass is 10.3. The first-order chi connectivity index (χ1) is 12.0. The fourth-order valence-electron chi connectivity index (χ4n) is 2.20. The van der Waals surface area contributed by atoms with E-state index < -0.39 is 0 Å². The van der Waals surface area contributed by atoms with Gasteiger partial charge in [-0.25, -0.2) is 0 Å². The first-order valence-electron chi connectivity index (χ1n) is 8.91. The van der Waals surface area contributed by atoms with E-state index in [0.717, 1.165) is 36.6 Å². The number of thioether (sulfide) groups is 2. The van der Waals surface area contributed by atoms with E-state index in [0.29, 0.717) is 0 Å². The van der Waals surface area contributed by atoms with Crippen LogP contribution in [-0.2, 0) is 29.5 Å². The van der Waals surface area contributed by atoms with E-state index in [2.05, 4.69) is 52.0 Å². The van der Waals surface area contributed by atoms with Gasteiger partial charge in [0.2, 0.25) is 0 Å². The molecule has 2 aromatic rings. The zero-order valence-corrected chi connectivity index (χ0v) is 19.0. The molecule has 0 saturated heterocycles. The van der Waals surface area contributed by atoms with E-state index in [1.807, 2.05) is 46.2 Å². The molecule has 25 heavy (non-hydrogen) atoms. The van der Waals surface area contributed by atoms with Crippen molar-refractivity contribution >= 4 is 46.2 Å². The van der Waals surface area contributed by atoms with Crippen molar-refractivity contribution in [3.8, 4) is 0 Å². The summed E-state index contributed by atoms with van der Waals surface area (Å²) in [5.41, 5.74) is 0. The van der Waals surface area contributed by atoms with E-state index in [1.165, 1.54) is 31.0 Å². The Morgan fingerprint density at radius 1 is 0.720 bits per heavy atom. The largest absolute Gasteiger partial charge is 0.370 e. The molecule has 2 heterocycles. The minimum absolute atomic E-state index is 0.731. The van der Waals surface area contributed by atoms with Crippen molar-refractivity contribution in [2.45, 2.75) is 52.4 Å². The Morgan fingerprint density at radius 2 is 1.12 bits per heavy atom. The van der Waals surface area contributed by atoms with Crippen molar-refractivity contribution in [2.75, 3.05) is 11.5 Å². The molecule has 0 aliphatic heterocycles. The molecular weight excluding hydrogens is 384 g/mol. The third-order valence-corrected chi connectivity index (χ3v) is 8.63. The van der Waals surface area contributed by atoms with E-state index >= 15 is 0 Å². The normalized spacial score (nSPS) is 11.8. The van der Waals surface area contributed by atoms with Crippen LogP contribution in [0.3, 0.4) is 0 Å². The summed E-state index contributed by atoms with van der Waals surface area (Å²) in [6.07, 6.45) is 0. The van der Waals surface area contributed by atoms with Crippen LogP contribution in [0, 0.1) is 11.8 Å². The fourth-order valence-corrected chi connectivity index (χ4v) is 6.44. The Hall–Kier alpha value is 0.0600. The SMILES string of the molecule is CC(C)CSCc1ccc(COCc2ccc(CSCC(C)C)s2)s1. The van der Waals surface area contributed by atoms with Crippen molar-refractivity contribution in [3.63, 3.8) is 0 Å². The molecule has 0 aromatic carbocycles. The number of rotatable bonds is 12. The van der Waals surface area contributed by atoms with Crippen LogP contribution in [0.15, 0.2) is 24.3 Å². The molecule has 0 aliphatic carbocycles. The predicted molar refractivity (Wildman–Crippen MR) is 119 cm³/mol. The second-order valence-electron chi connectivity index (χ2n) is 7.05. The molecule has 0 amide bonds. The number of thiophene rings is 2. The van der Waals surface area contributed by atoms with Crippen LogP contribution in [-0.4, -0.2) is 11.5 Å². The van der Waals surface area contributed by atoms with Crippen LogP contribution in [0.4, 0.5) is 0 Å². The summed E-state index contributed by atoms with van der Waals surface area (Å²) in [4.78, 5) is 5.60. The van der Waals surface area contributed by atoms with Gasteiger partial charge in [-0.3, -0.25) is 0 Å². The van der Waals surface area contributed by atoms with Gasteiger partial charge < -0.3 is 4.74 Å². The Labute approximate surface area is 170 Å². The van der Waals surface area contributed by atoms with Crippen molar-refractivity contribution in [2.24, 2.45) is 11.8 Å². The predicted octanol–water partition coefficient (Wildman–Crippen LogP) is 7.30. The zero-order valence-electron chi connectivity index (χ0n) is 15.7. The molecule has 0 spiro atoms. The third kappa shape index (κ3) is 9.00. The second kappa shape index (κ2) is 11.7. The maximum Gasteiger partial charge on any atom is 0.0814 e. The molecule has 140 valence electrons. The molecule has 0 aliphatic rings. The van der Waals surface area contributed by atoms with Crippen molar-refractivity contribution in [1.82, 2.24) is 0 Å². The van der Waals surface area contributed by atoms with Gasteiger partial charge in [0, 0.05) is 31.0 Å². The molecule has 0 unspecified atom stereocenters. The minimum Gasteiger partial charge on any atom is -0.370 e. The molecule has 5 heteroatoms. The van der Waals surface area contributed by atoms with Crippen LogP contribution in [0.1, 0.15) is 47.2 Å². The summed E-state index contributed by atoms with van der Waals surface area (Å²) in [6, 6.07) is 8.95. The monoisotopic (exact) mass is 414 g/mol. The van der Waals surface area contributed by atoms with Crippen LogP contribution in [0.5, 0.6) is 0 Å². The van der Waals surface area contributed by atoms with Gasteiger partial charge >= 0.3 is 0 Å². The summed E-state index contributed by atoms with van der Waals surface area (Å²) in [5.74, 6) is 6.27. The maximum absolute atomic E-state index is 5.93. The quantitative estimate of drug-likeness (QED) is 0.360. The molecule has 0 radical (unpaired) electrons. The summed E-state index contributed by atoms with van der Waals surface area (Å²) in [7, 11) is 0. The van der Waals surface area contributed by atoms with Crippen LogP contribution >= 0.6 is 46.2 Å². The molecule has 0 bridgehead atoms. The highest BCUT2D eigenvalue weighted by atomic mass is 32.2. The molecule has 1 nitrogen and oxygen atoms in total. The van der Waals surface area contributed by atoms with Gasteiger partial charge in [-0.15, -0.1) is 22.7 Å². The van der Waals surface area contributed by atoms with E-state index in [1.54, 1.807) is 0 Å². The Bertz CT molecular complexity index is 548. The van der Waals surface area contributed by atoms with E-state index in [9.17, 15) is 0 Å². The Balaban J connectivity index is 1.65. The highest BCUT2D eigenvalue weighted by Gasteiger charge is 2.05. The number of hydrogen-bond acceptors (Lipinski definition) is 5. The summed E-state index contributed by atoms with van der Waals surface area (Å²) in [5, 5.41) is 0. The highest BCUT2D eigenvalue weighted by Crippen LogP contribution is 2.25. The molecule has 2 rings (SSSR count). The Morgan fingerprint density at radius 3 is 1.52 bits per heavy atom. The molecule has 2 aromatic heterocycles. The highest BCUT2D eigenvalue weighted by molar-refractivity contribution is 7.98. The lowest BCUT2D eigenvalue weighted by Gasteiger charge is -2.03. The van der Waals surface area contributed by atoms with Crippen molar-refractivity contribution in [3.05, 3.63) is 43.8 Å². The van der Waals surface area contributed by atoms with Crippen LogP contribution in [0.25, 0.3) is 0 Å². The maximum atomic E-state index is 5.93. The smallest absolute Gasteiger partial charge is 0.0814 e. The molecule has 0 saturated carbocycles. The zero-order chi connectivity index (χ0) is 18.1. The molecule has 0 atom stereocenters. The fraction of sp³-hybridized carbons (Fsp3) is 0.600. The molecule has 0 N–H and O–H groups in total. The van der Waals surface area contributed by atoms with Gasteiger partial charge in [-0.1, -0.05) is 27.7 Å². The summed E-state index contributed by atoms with van der Waals surface area (Å²) in [6.45, 7) is 10.6. The molecular formula is C20H30OS4. The lowest BCUT2D eigenvalue weighted by Crippen LogP contribution is -1.90. The Kier molecular flexibility index (Phi) is 10.0. The lowest BCUT2D eigenvalue weighted by molar-refractivity contribution is 0.111. The van der Waals surface area contributed by atoms with Gasteiger partial charge in [-0.2, -0.15) is 23.5 Å². The first kappa shape index (κ1) is 21.4. The van der Waals surface area contributed by atoms with Gasteiger partial charge in [-0.05, 0) is 47.6 Å². The second-order valence-corrected chi connectivity index (χ2v) is 11.6. The average Bonchev–Trinajstić information content (AvgIpc) is 3.17. The standard InChI is InChI=1S/C20H30OS4/c1-15(2)11-22-13-19-7-5-17(24-19)9-21-10-18-6-8-20(25-18)14-23-12-16(3)4/h5-8,15-16H,9-14H2,1-4H3. The van der Waals surface area contributed by atoms with Crippen molar-refractivity contribution < 1.29 is 4.74 Å². The topological polar surface area (TPSA) is 9.23 Å². The number of ether oxygens (including phenoxy) is 1. The van der Waals surface area contributed by atoms with Gasteiger partial charge in [0.1, 0.15) is 0 Å². The number of hydrogen-bond donors (Lipinski definition) is 0. The summed E-state index contributed by atoms with van der Waals surface area (Å²) < 4.78 is 5.93. The molecule has 0 fully saturated rings. The van der Waals surface area contributed by atoms with Crippen molar-refractivity contribution in [1.29, 1.82) is 0 Å². The van der Waals surface area contributed by atoms with Gasteiger partial charge in [0.15, 0.2) is 0 Å². The van der Waals surface area contributed by atoms with Gasteiger partial charge in [0.05, 0.1) is 13.2 Å². The third-order valence-electron chi connectivity index (χ3n) is 3.31.